The van der Waals surface area contributed by atoms with Crippen LogP contribution in [0.2, 0.25) is 5.02 Å². The van der Waals surface area contributed by atoms with Crippen LogP contribution in [0.15, 0.2) is 54.6 Å². The van der Waals surface area contributed by atoms with Crippen molar-refractivity contribution in [3.05, 3.63) is 70.7 Å². The van der Waals surface area contributed by atoms with Gasteiger partial charge < -0.3 is 5.32 Å². The van der Waals surface area contributed by atoms with Crippen molar-refractivity contribution in [2.45, 2.75) is 32.2 Å². The first-order valence-corrected chi connectivity index (χ1v) is 7.62. The van der Waals surface area contributed by atoms with Crippen LogP contribution >= 0.6 is 11.6 Å². The van der Waals surface area contributed by atoms with Gasteiger partial charge in [-0.05, 0) is 36.1 Å². The van der Waals surface area contributed by atoms with Crippen LogP contribution in [-0.4, -0.2) is 12.6 Å². The molecule has 2 unspecified atom stereocenters. The SMILES string of the molecule is CCNC(Cc1ccccc1Cl)C(C)c1ccccc1. The Morgan fingerprint density at radius 1 is 1.00 bits per heavy atom. The molecule has 0 fully saturated rings. The fourth-order valence-corrected chi connectivity index (χ4v) is 2.79. The highest BCUT2D eigenvalue weighted by atomic mass is 35.5. The average molecular weight is 288 g/mol. The second-order valence-electron chi connectivity index (χ2n) is 5.16. The second kappa shape index (κ2) is 7.47. The third-order valence-electron chi connectivity index (χ3n) is 3.79. The Labute approximate surface area is 127 Å². The maximum Gasteiger partial charge on any atom is 0.0438 e. The molecule has 0 spiro atoms. The Morgan fingerprint density at radius 2 is 1.65 bits per heavy atom. The summed E-state index contributed by atoms with van der Waals surface area (Å²) in [6.45, 7) is 5.39. The lowest BCUT2D eigenvalue weighted by Gasteiger charge is -2.26. The van der Waals surface area contributed by atoms with Crippen molar-refractivity contribution in [1.82, 2.24) is 5.32 Å². The summed E-state index contributed by atoms with van der Waals surface area (Å²) in [7, 11) is 0. The van der Waals surface area contributed by atoms with Crippen molar-refractivity contribution in [1.29, 1.82) is 0 Å². The van der Waals surface area contributed by atoms with Gasteiger partial charge in [-0.1, -0.05) is 74.0 Å². The predicted octanol–water partition coefficient (Wildman–Crippen LogP) is 4.66. The molecule has 0 heterocycles. The maximum absolute atomic E-state index is 6.29. The van der Waals surface area contributed by atoms with E-state index in [1.165, 1.54) is 11.1 Å². The van der Waals surface area contributed by atoms with E-state index in [1.54, 1.807) is 0 Å². The molecule has 2 aromatic rings. The van der Waals surface area contributed by atoms with E-state index in [-0.39, 0.29) is 0 Å². The van der Waals surface area contributed by atoms with Crippen LogP contribution in [0.25, 0.3) is 0 Å². The minimum absolute atomic E-state index is 0.391. The first-order valence-electron chi connectivity index (χ1n) is 7.24. The molecule has 0 aliphatic carbocycles. The van der Waals surface area contributed by atoms with Gasteiger partial charge in [0.05, 0.1) is 0 Å². The van der Waals surface area contributed by atoms with E-state index in [1.807, 2.05) is 12.1 Å². The number of benzene rings is 2. The summed E-state index contributed by atoms with van der Waals surface area (Å²) in [6, 6.07) is 19.2. The largest absolute Gasteiger partial charge is 0.313 e. The monoisotopic (exact) mass is 287 g/mol. The predicted molar refractivity (Wildman–Crippen MR) is 87.5 cm³/mol. The molecule has 1 N–H and O–H groups in total. The molecule has 0 aliphatic rings. The Kier molecular flexibility index (Phi) is 5.63. The number of hydrogen-bond donors (Lipinski definition) is 1. The lowest BCUT2D eigenvalue weighted by Crippen LogP contribution is -2.35. The van der Waals surface area contributed by atoms with Crippen molar-refractivity contribution >= 4 is 11.6 Å². The molecule has 0 aromatic heterocycles. The lowest BCUT2D eigenvalue weighted by molar-refractivity contribution is 0.458. The van der Waals surface area contributed by atoms with Crippen molar-refractivity contribution in [2.75, 3.05) is 6.54 Å². The molecule has 20 heavy (non-hydrogen) atoms. The summed E-state index contributed by atoms with van der Waals surface area (Å²) < 4.78 is 0. The molecule has 0 amide bonds. The van der Waals surface area contributed by atoms with Crippen LogP contribution in [0.5, 0.6) is 0 Å². The van der Waals surface area contributed by atoms with Gasteiger partial charge in [-0.3, -0.25) is 0 Å². The summed E-state index contributed by atoms with van der Waals surface area (Å²) in [5.74, 6) is 0.451. The van der Waals surface area contributed by atoms with E-state index < -0.39 is 0 Å². The molecule has 2 heteroatoms. The van der Waals surface area contributed by atoms with E-state index in [0.717, 1.165) is 18.0 Å². The van der Waals surface area contributed by atoms with Gasteiger partial charge in [0.15, 0.2) is 0 Å². The fourth-order valence-electron chi connectivity index (χ4n) is 2.58. The fraction of sp³-hybridized carbons (Fsp3) is 0.333. The van der Waals surface area contributed by atoms with E-state index in [0.29, 0.717) is 12.0 Å². The van der Waals surface area contributed by atoms with Crippen LogP contribution in [0, 0.1) is 0 Å². The maximum atomic E-state index is 6.29. The lowest BCUT2D eigenvalue weighted by atomic mass is 9.89. The van der Waals surface area contributed by atoms with Gasteiger partial charge in [-0.15, -0.1) is 0 Å². The summed E-state index contributed by atoms with van der Waals surface area (Å²) in [5, 5.41) is 4.46. The molecule has 2 rings (SSSR count). The van der Waals surface area contributed by atoms with Crippen LogP contribution < -0.4 is 5.32 Å². The zero-order chi connectivity index (χ0) is 14.4. The zero-order valence-electron chi connectivity index (χ0n) is 12.1. The Balaban J connectivity index is 2.17. The molecule has 106 valence electrons. The van der Waals surface area contributed by atoms with Gasteiger partial charge >= 0.3 is 0 Å². The van der Waals surface area contributed by atoms with Gasteiger partial charge in [0.2, 0.25) is 0 Å². The minimum atomic E-state index is 0.391. The average Bonchev–Trinajstić information content (AvgIpc) is 2.49. The number of nitrogens with one attached hydrogen (secondary N) is 1. The minimum Gasteiger partial charge on any atom is -0.313 e. The Bertz CT molecular complexity index is 524. The molecule has 2 aromatic carbocycles. The van der Waals surface area contributed by atoms with Gasteiger partial charge in [-0.25, -0.2) is 0 Å². The van der Waals surface area contributed by atoms with Crippen molar-refractivity contribution in [2.24, 2.45) is 0 Å². The molecule has 0 saturated heterocycles. The molecular formula is C18H22ClN. The van der Waals surface area contributed by atoms with E-state index in [4.69, 9.17) is 11.6 Å². The molecule has 2 atom stereocenters. The van der Waals surface area contributed by atoms with Crippen LogP contribution in [-0.2, 0) is 6.42 Å². The standard InChI is InChI=1S/C18H22ClN/c1-3-20-18(13-16-11-7-8-12-17(16)19)14(2)15-9-5-4-6-10-15/h4-12,14,18,20H,3,13H2,1-2H3. The summed E-state index contributed by atoms with van der Waals surface area (Å²) >= 11 is 6.29. The first kappa shape index (κ1) is 15.1. The Morgan fingerprint density at radius 3 is 2.30 bits per heavy atom. The van der Waals surface area contributed by atoms with Gasteiger partial charge in [0.25, 0.3) is 0 Å². The van der Waals surface area contributed by atoms with E-state index in [9.17, 15) is 0 Å². The molecule has 1 nitrogen and oxygen atoms in total. The summed E-state index contributed by atoms with van der Waals surface area (Å²) in [5.41, 5.74) is 2.58. The van der Waals surface area contributed by atoms with Crippen LogP contribution in [0.3, 0.4) is 0 Å². The normalized spacial score (nSPS) is 13.9. The van der Waals surface area contributed by atoms with Crippen LogP contribution in [0.4, 0.5) is 0 Å². The molecule has 0 saturated carbocycles. The van der Waals surface area contributed by atoms with E-state index in [2.05, 4.69) is 61.6 Å². The van der Waals surface area contributed by atoms with Crippen molar-refractivity contribution in [3.8, 4) is 0 Å². The third-order valence-corrected chi connectivity index (χ3v) is 4.16. The number of halogens is 1. The molecule has 0 bridgehead atoms. The third kappa shape index (κ3) is 3.84. The van der Waals surface area contributed by atoms with Gasteiger partial charge in [-0.2, -0.15) is 0 Å². The van der Waals surface area contributed by atoms with Crippen molar-refractivity contribution < 1.29 is 0 Å². The Hall–Kier alpha value is -1.31. The molecular weight excluding hydrogens is 266 g/mol. The topological polar surface area (TPSA) is 12.0 Å². The zero-order valence-corrected chi connectivity index (χ0v) is 12.9. The number of rotatable bonds is 6. The molecule has 0 radical (unpaired) electrons. The number of likely N-dealkylation sites (N-methyl/N-ethyl adjacent to an activating group) is 1. The van der Waals surface area contributed by atoms with E-state index >= 15 is 0 Å². The van der Waals surface area contributed by atoms with Crippen LogP contribution in [0.1, 0.15) is 30.9 Å². The highest BCUT2D eigenvalue weighted by molar-refractivity contribution is 6.31. The van der Waals surface area contributed by atoms with Gasteiger partial charge in [0, 0.05) is 11.1 Å². The smallest absolute Gasteiger partial charge is 0.0438 e. The highest BCUT2D eigenvalue weighted by Gasteiger charge is 2.19. The summed E-state index contributed by atoms with van der Waals surface area (Å²) in [4.78, 5) is 0. The number of hydrogen-bond acceptors (Lipinski definition) is 1. The second-order valence-corrected chi connectivity index (χ2v) is 5.57. The summed E-state index contributed by atoms with van der Waals surface area (Å²) in [6.07, 6.45) is 0.948. The quantitative estimate of drug-likeness (QED) is 0.814. The molecule has 0 aliphatic heterocycles. The first-order chi connectivity index (χ1) is 9.72. The van der Waals surface area contributed by atoms with Crippen molar-refractivity contribution in [3.63, 3.8) is 0 Å². The highest BCUT2D eigenvalue weighted by Crippen LogP contribution is 2.24. The van der Waals surface area contributed by atoms with Gasteiger partial charge in [0.1, 0.15) is 0 Å².